The zero-order chi connectivity index (χ0) is 12.4. The monoisotopic (exact) mass is 233 g/mol. The van der Waals surface area contributed by atoms with Crippen LogP contribution in [0.5, 0.6) is 0 Å². The van der Waals surface area contributed by atoms with Gasteiger partial charge >= 0.3 is 5.97 Å². The van der Waals surface area contributed by atoms with E-state index in [0.29, 0.717) is 5.65 Å². The number of rotatable bonds is 4. The molecule has 90 valence electrons. The number of fused-ring (bicyclic) bond motifs is 1. The highest BCUT2D eigenvalue weighted by Gasteiger charge is 2.11. The second-order valence-electron chi connectivity index (χ2n) is 4.24. The van der Waals surface area contributed by atoms with Crippen molar-refractivity contribution < 1.29 is 9.90 Å². The number of carboxylic acids is 1. The lowest BCUT2D eigenvalue weighted by atomic mass is 10.3. The number of pyridine rings is 1. The molecule has 2 aromatic rings. The van der Waals surface area contributed by atoms with Crippen molar-refractivity contribution in [2.75, 3.05) is 20.6 Å². The van der Waals surface area contributed by atoms with E-state index in [-0.39, 0.29) is 5.56 Å². The summed E-state index contributed by atoms with van der Waals surface area (Å²) >= 11 is 0. The van der Waals surface area contributed by atoms with Crippen LogP contribution in [-0.2, 0) is 6.42 Å². The molecule has 0 fully saturated rings. The van der Waals surface area contributed by atoms with Crippen LogP contribution in [0.3, 0.4) is 0 Å². The molecule has 0 unspecified atom stereocenters. The van der Waals surface area contributed by atoms with Crippen LogP contribution in [0.15, 0.2) is 24.5 Å². The predicted molar refractivity (Wildman–Crippen MR) is 64.4 cm³/mol. The number of hydrogen-bond acceptors (Lipinski definition) is 3. The molecule has 0 amide bonds. The molecule has 2 aromatic heterocycles. The van der Waals surface area contributed by atoms with Gasteiger partial charge in [0.05, 0.1) is 5.69 Å². The van der Waals surface area contributed by atoms with E-state index < -0.39 is 5.97 Å². The van der Waals surface area contributed by atoms with Gasteiger partial charge in [0.2, 0.25) is 0 Å². The molecule has 0 bridgehead atoms. The van der Waals surface area contributed by atoms with Gasteiger partial charge in [0.25, 0.3) is 0 Å². The normalized spacial score (nSPS) is 11.2. The van der Waals surface area contributed by atoms with Gasteiger partial charge in [0.15, 0.2) is 5.65 Å². The first-order valence-electron chi connectivity index (χ1n) is 5.42. The minimum absolute atomic E-state index is 0.239. The van der Waals surface area contributed by atoms with Gasteiger partial charge in [-0.15, -0.1) is 0 Å². The minimum atomic E-state index is -0.944. The highest BCUT2D eigenvalue weighted by molar-refractivity contribution is 5.94. The molecule has 0 aliphatic carbocycles. The summed E-state index contributed by atoms with van der Waals surface area (Å²) in [4.78, 5) is 17.5. The van der Waals surface area contributed by atoms with E-state index in [4.69, 9.17) is 5.11 Å². The Bertz CT molecular complexity index is 546. The first-order valence-corrected chi connectivity index (χ1v) is 5.42. The van der Waals surface area contributed by atoms with Crippen LogP contribution in [0, 0.1) is 0 Å². The Hall–Kier alpha value is -1.88. The van der Waals surface area contributed by atoms with Gasteiger partial charge in [0, 0.05) is 25.4 Å². The third-order valence-corrected chi connectivity index (χ3v) is 2.58. The minimum Gasteiger partial charge on any atom is -0.478 e. The topological polar surface area (TPSA) is 57.8 Å². The standard InChI is InChI=1S/C12H15N3O2/c1-14(2)7-5-9-8-15-6-3-4-10(12(16)17)11(15)13-9/h3-4,6,8H,5,7H2,1-2H3,(H,16,17). The van der Waals surface area contributed by atoms with E-state index in [9.17, 15) is 4.79 Å². The summed E-state index contributed by atoms with van der Waals surface area (Å²) in [5, 5.41) is 9.05. The van der Waals surface area contributed by atoms with Crippen LogP contribution in [0.4, 0.5) is 0 Å². The predicted octanol–water partition coefficient (Wildman–Crippen LogP) is 1.14. The number of aromatic nitrogens is 2. The maximum atomic E-state index is 11.0. The molecule has 5 heteroatoms. The Morgan fingerprint density at radius 3 is 2.94 bits per heavy atom. The molecule has 0 aliphatic rings. The smallest absolute Gasteiger partial charge is 0.339 e. The third kappa shape index (κ3) is 2.45. The molecule has 2 rings (SSSR count). The van der Waals surface area contributed by atoms with E-state index in [1.165, 1.54) is 0 Å². The Kier molecular flexibility index (Phi) is 3.10. The molecule has 0 saturated heterocycles. The number of carboxylic acid groups (broad SMARTS) is 1. The van der Waals surface area contributed by atoms with E-state index in [1.807, 2.05) is 26.5 Å². The summed E-state index contributed by atoms with van der Waals surface area (Å²) in [5.74, 6) is -0.944. The van der Waals surface area contributed by atoms with Gasteiger partial charge in [-0.2, -0.15) is 0 Å². The zero-order valence-electron chi connectivity index (χ0n) is 9.92. The second-order valence-corrected chi connectivity index (χ2v) is 4.24. The SMILES string of the molecule is CN(C)CCc1cn2cccc(C(=O)O)c2n1. The van der Waals surface area contributed by atoms with Gasteiger partial charge in [-0.25, -0.2) is 9.78 Å². The van der Waals surface area contributed by atoms with E-state index in [2.05, 4.69) is 9.88 Å². The van der Waals surface area contributed by atoms with Crippen molar-refractivity contribution >= 4 is 11.6 Å². The van der Waals surface area contributed by atoms with Crippen molar-refractivity contribution in [3.05, 3.63) is 35.8 Å². The fourth-order valence-corrected chi connectivity index (χ4v) is 1.69. The third-order valence-electron chi connectivity index (χ3n) is 2.58. The summed E-state index contributed by atoms with van der Waals surface area (Å²) in [6.45, 7) is 0.895. The molecule has 2 heterocycles. The molecule has 1 N–H and O–H groups in total. The number of hydrogen-bond donors (Lipinski definition) is 1. The summed E-state index contributed by atoms with van der Waals surface area (Å²) in [6, 6.07) is 3.29. The van der Waals surface area contributed by atoms with Crippen molar-refractivity contribution in [3.63, 3.8) is 0 Å². The molecule has 0 saturated carbocycles. The largest absolute Gasteiger partial charge is 0.478 e. The summed E-state index contributed by atoms with van der Waals surface area (Å²) < 4.78 is 1.76. The number of imidazole rings is 1. The Morgan fingerprint density at radius 1 is 1.53 bits per heavy atom. The maximum Gasteiger partial charge on any atom is 0.339 e. The Balaban J connectivity index is 2.36. The molecule has 5 nitrogen and oxygen atoms in total. The number of nitrogens with zero attached hydrogens (tertiary/aromatic N) is 3. The lowest BCUT2D eigenvalue weighted by Gasteiger charge is -2.06. The highest BCUT2D eigenvalue weighted by atomic mass is 16.4. The second kappa shape index (κ2) is 4.55. The zero-order valence-corrected chi connectivity index (χ0v) is 9.92. The summed E-state index contributed by atoms with van der Waals surface area (Å²) in [6.07, 6.45) is 4.51. The molecule has 0 aliphatic heterocycles. The molecular formula is C12H15N3O2. The van der Waals surface area contributed by atoms with Crippen LogP contribution >= 0.6 is 0 Å². The van der Waals surface area contributed by atoms with Crippen molar-refractivity contribution in [3.8, 4) is 0 Å². The molecular weight excluding hydrogens is 218 g/mol. The number of aromatic carboxylic acids is 1. The molecule has 0 aromatic carbocycles. The van der Waals surface area contributed by atoms with Crippen LogP contribution in [0.25, 0.3) is 5.65 Å². The fraction of sp³-hybridized carbons (Fsp3) is 0.333. The van der Waals surface area contributed by atoms with Crippen molar-refractivity contribution in [2.24, 2.45) is 0 Å². The highest BCUT2D eigenvalue weighted by Crippen LogP contribution is 2.11. The van der Waals surface area contributed by atoms with E-state index in [1.54, 1.807) is 16.5 Å². The number of carbonyl (C=O) groups is 1. The van der Waals surface area contributed by atoms with Crippen LogP contribution in [0.2, 0.25) is 0 Å². The van der Waals surface area contributed by atoms with E-state index >= 15 is 0 Å². The first-order chi connectivity index (χ1) is 8.08. The average molecular weight is 233 g/mol. The lowest BCUT2D eigenvalue weighted by Crippen LogP contribution is -2.15. The average Bonchev–Trinajstić information content (AvgIpc) is 2.68. The first kappa shape index (κ1) is 11.6. The van der Waals surface area contributed by atoms with Gasteiger partial charge in [0.1, 0.15) is 5.56 Å². The van der Waals surface area contributed by atoms with Crippen molar-refractivity contribution in [1.82, 2.24) is 14.3 Å². The molecule has 0 radical (unpaired) electrons. The fourth-order valence-electron chi connectivity index (χ4n) is 1.69. The van der Waals surface area contributed by atoms with Crippen molar-refractivity contribution in [2.45, 2.75) is 6.42 Å². The van der Waals surface area contributed by atoms with Gasteiger partial charge in [-0.3, -0.25) is 0 Å². The lowest BCUT2D eigenvalue weighted by molar-refractivity contribution is 0.0698. The van der Waals surface area contributed by atoms with Crippen molar-refractivity contribution in [1.29, 1.82) is 0 Å². The quantitative estimate of drug-likeness (QED) is 0.860. The van der Waals surface area contributed by atoms with Gasteiger partial charge in [-0.05, 0) is 26.2 Å². The van der Waals surface area contributed by atoms with E-state index in [0.717, 1.165) is 18.7 Å². The molecule has 0 spiro atoms. The maximum absolute atomic E-state index is 11.0. The van der Waals surface area contributed by atoms with Crippen LogP contribution in [-0.4, -0.2) is 46.0 Å². The van der Waals surface area contributed by atoms with Crippen LogP contribution < -0.4 is 0 Å². The number of likely N-dealkylation sites (N-methyl/N-ethyl adjacent to an activating group) is 1. The molecule has 17 heavy (non-hydrogen) atoms. The Morgan fingerprint density at radius 2 is 2.29 bits per heavy atom. The Labute approximate surface area is 99.3 Å². The van der Waals surface area contributed by atoms with Crippen LogP contribution in [0.1, 0.15) is 16.1 Å². The summed E-state index contributed by atoms with van der Waals surface area (Å²) in [7, 11) is 4.00. The van der Waals surface area contributed by atoms with Gasteiger partial charge < -0.3 is 14.4 Å². The summed E-state index contributed by atoms with van der Waals surface area (Å²) in [5.41, 5.74) is 1.66. The van der Waals surface area contributed by atoms with Gasteiger partial charge in [-0.1, -0.05) is 0 Å². The molecule has 0 atom stereocenters.